The van der Waals surface area contributed by atoms with Gasteiger partial charge in [-0.2, -0.15) is 5.10 Å². The highest BCUT2D eigenvalue weighted by atomic mass is 16.4. The van der Waals surface area contributed by atoms with E-state index >= 15 is 0 Å². The Morgan fingerprint density at radius 3 is 2.74 bits per heavy atom. The number of fused-ring (bicyclic) bond motifs is 1. The number of aromatic carboxylic acids is 1. The van der Waals surface area contributed by atoms with Crippen LogP contribution in [0.2, 0.25) is 0 Å². The smallest absolute Gasteiger partial charge is 0.339 e. The predicted octanol–water partition coefficient (Wildman–Crippen LogP) is -0.412. The standard InChI is InChI=1S/C11H13N5O3/c1-15(5-8(12)17)9-6-4-14-16(2)10(6)13-3-7(9)11(18)19/h3-4H,5H2,1-2H3,(H2,12,17)(H,18,19). The van der Waals surface area contributed by atoms with Gasteiger partial charge in [0, 0.05) is 20.3 Å². The number of carboxylic acids is 1. The van der Waals surface area contributed by atoms with Crippen molar-refractivity contribution >= 4 is 28.6 Å². The van der Waals surface area contributed by atoms with Crippen LogP contribution < -0.4 is 10.6 Å². The number of amides is 1. The lowest BCUT2D eigenvalue weighted by Gasteiger charge is -2.20. The fourth-order valence-corrected chi connectivity index (χ4v) is 1.96. The summed E-state index contributed by atoms with van der Waals surface area (Å²) in [5.41, 5.74) is 6.06. The summed E-state index contributed by atoms with van der Waals surface area (Å²) in [4.78, 5) is 27.8. The number of rotatable bonds is 4. The van der Waals surface area contributed by atoms with Crippen molar-refractivity contribution < 1.29 is 14.7 Å². The molecule has 19 heavy (non-hydrogen) atoms. The maximum absolute atomic E-state index is 11.3. The van der Waals surface area contributed by atoms with E-state index in [1.807, 2.05) is 0 Å². The number of carbonyl (C=O) groups excluding carboxylic acids is 1. The van der Waals surface area contributed by atoms with E-state index in [2.05, 4.69) is 10.1 Å². The second kappa shape index (κ2) is 4.56. The number of carboxylic acid groups (broad SMARTS) is 1. The molecule has 0 aliphatic carbocycles. The van der Waals surface area contributed by atoms with Crippen molar-refractivity contribution in [1.82, 2.24) is 14.8 Å². The number of hydrogen-bond donors (Lipinski definition) is 2. The highest BCUT2D eigenvalue weighted by Gasteiger charge is 2.20. The van der Waals surface area contributed by atoms with Crippen molar-refractivity contribution in [3.8, 4) is 0 Å². The van der Waals surface area contributed by atoms with Gasteiger partial charge >= 0.3 is 5.97 Å². The summed E-state index contributed by atoms with van der Waals surface area (Å²) in [7, 11) is 3.30. The van der Waals surface area contributed by atoms with Gasteiger partial charge in [0.1, 0.15) is 5.56 Å². The Bertz CT molecular complexity index is 664. The van der Waals surface area contributed by atoms with Crippen LogP contribution in [0.25, 0.3) is 11.0 Å². The number of nitrogens with two attached hydrogens (primary N) is 1. The maximum atomic E-state index is 11.3. The van der Waals surface area contributed by atoms with Crippen molar-refractivity contribution in [3.05, 3.63) is 18.0 Å². The molecule has 1 amide bonds. The lowest BCUT2D eigenvalue weighted by Crippen LogP contribution is -2.31. The normalized spacial score (nSPS) is 10.6. The summed E-state index contributed by atoms with van der Waals surface area (Å²) in [5, 5.41) is 13.8. The first-order valence-electron chi connectivity index (χ1n) is 5.45. The zero-order valence-electron chi connectivity index (χ0n) is 10.5. The number of carbonyl (C=O) groups is 2. The Labute approximate surface area is 108 Å². The molecule has 0 bridgehead atoms. The summed E-state index contributed by atoms with van der Waals surface area (Å²) in [6.45, 7) is -0.0890. The molecule has 0 aliphatic rings. The molecule has 2 rings (SSSR count). The molecule has 8 heteroatoms. The zero-order chi connectivity index (χ0) is 14.2. The molecule has 100 valence electrons. The second-order valence-corrected chi connectivity index (χ2v) is 4.15. The minimum absolute atomic E-state index is 0.00394. The molecule has 0 aliphatic heterocycles. The summed E-state index contributed by atoms with van der Waals surface area (Å²) >= 11 is 0. The molecule has 2 aromatic heterocycles. The van der Waals surface area contributed by atoms with Crippen LogP contribution in [0.15, 0.2) is 12.4 Å². The van der Waals surface area contributed by atoms with Crippen LogP contribution in [-0.2, 0) is 11.8 Å². The molecule has 0 radical (unpaired) electrons. The monoisotopic (exact) mass is 263 g/mol. The number of aryl methyl sites for hydroxylation is 1. The van der Waals surface area contributed by atoms with E-state index < -0.39 is 11.9 Å². The summed E-state index contributed by atoms with van der Waals surface area (Å²) in [6.07, 6.45) is 2.76. The molecule has 0 atom stereocenters. The van der Waals surface area contributed by atoms with Crippen LogP contribution in [0.1, 0.15) is 10.4 Å². The van der Waals surface area contributed by atoms with Crippen molar-refractivity contribution in [3.63, 3.8) is 0 Å². The Hall–Kier alpha value is -2.64. The van der Waals surface area contributed by atoms with E-state index in [1.165, 1.54) is 22.0 Å². The Morgan fingerprint density at radius 2 is 2.16 bits per heavy atom. The number of anilines is 1. The molecule has 0 unspecified atom stereocenters. The number of pyridine rings is 1. The van der Waals surface area contributed by atoms with Crippen molar-refractivity contribution in [2.45, 2.75) is 0 Å². The summed E-state index contributed by atoms with van der Waals surface area (Å²) in [5.74, 6) is -1.67. The number of aromatic nitrogens is 3. The maximum Gasteiger partial charge on any atom is 0.339 e. The SMILES string of the molecule is CN(CC(N)=O)c1c(C(=O)O)cnc2c1cnn2C. The van der Waals surface area contributed by atoms with Crippen LogP contribution in [0.3, 0.4) is 0 Å². The highest BCUT2D eigenvalue weighted by Crippen LogP contribution is 2.28. The first-order chi connectivity index (χ1) is 8.91. The van der Waals surface area contributed by atoms with Gasteiger partial charge in [0.2, 0.25) is 5.91 Å². The van der Waals surface area contributed by atoms with Crippen LogP contribution in [0, 0.1) is 0 Å². The largest absolute Gasteiger partial charge is 0.478 e. The molecule has 0 aromatic carbocycles. The van der Waals surface area contributed by atoms with Crippen molar-refractivity contribution in [2.24, 2.45) is 12.8 Å². The molecule has 2 aromatic rings. The minimum atomic E-state index is -1.12. The third kappa shape index (κ3) is 2.19. The third-order valence-corrected chi connectivity index (χ3v) is 2.74. The Balaban J connectivity index is 2.68. The van der Waals surface area contributed by atoms with Gasteiger partial charge < -0.3 is 15.7 Å². The van der Waals surface area contributed by atoms with Gasteiger partial charge in [0.25, 0.3) is 0 Å². The van der Waals surface area contributed by atoms with Gasteiger partial charge in [-0.15, -0.1) is 0 Å². The molecule has 0 fully saturated rings. The van der Waals surface area contributed by atoms with Crippen LogP contribution in [0.4, 0.5) is 5.69 Å². The molecule has 0 spiro atoms. The average Bonchev–Trinajstić information content (AvgIpc) is 2.69. The van der Waals surface area contributed by atoms with Gasteiger partial charge in [0.15, 0.2) is 5.65 Å². The molecular formula is C11H13N5O3. The number of likely N-dealkylation sites (N-methyl/N-ethyl adjacent to an activating group) is 1. The first-order valence-corrected chi connectivity index (χ1v) is 5.45. The van der Waals surface area contributed by atoms with E-state index in [0.29, 0.717) is 16.7 Å². The first kappa shape index (κ1) is 12.8. The minimum Gasteiger partial charge on any atom is -0.478 e. The Morgan fingerprint density at radius 1 is 1.47 bits per heavy atom. The Kier molecular flexibility index (Phi) is 3.07. The lowest BCUT2D eigenvalue weighted by molar-refractivity contribution is -0.116. The topological polar surface area (TPSA) is 114 Å². The van der Waals surface area contributed by atoms with Crippen LogP contribution >= 0.6 is 0 Å². The number of nitrogens with zero attached hydrogens (tertiary/aromatic N) is 4. The zero-order valence-corrected chi connectivity index (χ0v) is 10.5. The third-order valence-electron chi connectivity index (χ3n) is 2.74. The molecule has 2 heterocycles. The summed E-state index contributed by atoms with van der Waals surface area (Å²) in [6, 6.07) is 0. The van der Waals surface area contributed by atoms with E-state index in [-0.39, 0.29) is 12.1 Å². The molecule has 0 saturated carbocycles. The van der Waals surface area contributed by atoms with E-state index in [1.54, 1.807) is 14.1 Å². The van der Waals surface area contributed by atoms with Gasteiger partial charge in [-0.3, -0.25) is 9.48 Å². The van der Waals surface area contributed by atoms with E-state index in [0.717, 1.165) is 0 Å². The second-order valence-electron chi connectivity index (χ2n) is 4.15. The predicted molar refractivity (Wildman–Crippen MR) is 67.9 cm³/mol. The van der Waals surface area contributed by atoms with Gasteiger partial charge in [-0.1, -0.05) is 0 Å². The fraction of sp³-hybridized carbons (Fsp3) is 0.273. The number of hydrogen-bond acceptors (Lipinski definition) is 5. The van der Waals surface area contributed by atoms with Gasteiger partial charge in [-0.05, 0) is 0 Å². The highest BCUT2D eigenvalue weighted by molar-refractivity contribution is 6.04. The van der Waals surface area contributed by atoms with Gasteiger partial charge in [0.05, 0.1) is 23.8 Å². The van der Waals surface area contributed by atoms with Crippen molar-refractivity contribution in [2.75, 3.05) is 18.5 Å². The number of primary amides is 1. The average molecular weight is 263 g/mol. The molecular weight excluding hydrogens is 250 g/mol. The van der Waals surface area contributed by atoms with Crippen molar-refractivity contribution in [1.29, 1.82) is 0 Å². The van der Waals surface area contributed by atoms with E-state index in [4.69, 9.17) is 5.73 Å². The molecule has 8 nitrogen and oxygen atoms in total. The lowest BCUT2D eigenvalue weighted by atomic mass is 10.1. The van der Waals surface area contributed by atoms with Gasteiger partial charge in [-0.25, -0.2) is 9.78 Å². The molecule has 3 N–H and O–H groups in total. The van der Waals surface area contributed by atoms with Crippen LogP contribution in [-0.4, -0.2) is 45.3 Å². The van der Waals surface area contributed by atoms with Crippen LogP contribution in [0.5, 0.6) is 0 Å². The quantitative estimate of drug-likeness (QED) is 0.774. The van der Waals surface area contributed by atoms with E-state index in [9.17, 15) is 14.7 Å². The fourth-order valence-electron chi connectivity index (χ4n) is 1.96. The summed E-state index contributed by atoms with van der Waals surface area (Å²) < 4.78 is 1.53. The molecule has 0 saturated heterocycles.